The van der Waals surface area contributed by atoms with Crippen molar-refractivity contribution in [1.29, 1.82) is 0 Å². The molecule has 0 saturated carbocycles. The van der Waals surface area contributed by atoms with Crippen LogP contribution >= 0.6 is 34.8 Å². The maximum absolute atomic E-state index is 13.0. The third kappa shape index (κ3) is 5.26. The van der Waals surface area contributed by atoms with Gasteiger partial charge in [-0.2, -0.15) is 0 Å². The van der Waals surface area contributed by atoms with E-state index in [4.69, 9.17) is 44.3 Å². The first kappa shape index (κ1) is 23.3. The number of rotatable bonds is 7. The number of ether oxygens (including phenoxy) is 2. The maximum Gasteiger partial charge on any atom is 0.338 e. The molecule has 0 radical (unpaired) electrons. The summed E-state index contributed by atoms with van der Waals surface area (Å²) in [6, 6.07) is 10.6. The minimum Gasteiger partial charge on any atom is -0.486 e. The first-order valence-electron chi connectivity index (χ1n) is 9.67. The molecule has 0 unspecified atom stereocenters. The molecule has 0 aromatic heterocycles. The second-order valence-corrected chi connectivity index (χ2v) is 7.90. The molecule has 164 valence electrons. The van der Waals surface area contributed by atoms with E-state index in [1.54, 1.807) is 56.3 Å². The smallest absolute Gasteiger partial charge is 0.338 e. The van der Waals surface area contributed by atoms with Crippen molar-refractivity contribution >= 4 is 46.8 Å². The average molecular weight is 484 g/mol. The third-order valence-corrected chi connectivity index (χ3v) is 5.51. The van der Waals surface area contributed by atoms with Gasteiger partial charge in [0.15, 0.2) is 0 Å². The lowest BCUT2D eigenvalue weighted by Gasteiger charge is -2.36. The van der Waals surface area contributed by atoms with Gasteiger partial charge in [-0.25, -0.2) is 9.59 Å². The van der Waals surface area contributed by atoms with Gasteiger partial charge in [-0.1, -0.05) is 46.9 Å². The zero-order valence-electron chi connectivity index (χ0n) is 17.0. The monoisotopic (exact) mass is 482 g/mol. The summed E-state index contributed by atoms with van der Waals surface area (Å²) in [5.74, 6) is -0.202. The van der Waals surface area contributed by atoms with Crippen molar-refractivity contribution in [2.75, 3.05) is 19.8 Å². The van der Waals surface area contributed by atoms with Gasteiger partial charge in [0.05, 0.1) is 28.9 Å². The molecule has 1 aliphatic heterocycles. The van der Waals surface area contributed by atoms with Gasteiger partial charge in [0.1, 0.15) is 12.4 Å². The summed E-state index contributed by atoms with van der Waals surface area (Å²) in [5.41, 5.74) is 1.36. The normalized spacial score (nSPS) is 16.2. The molecule has 1 N–H and O–H groups in total. The van der Waals surface area contributed by atoms with Crippen LogP contribution in [0.5, 0.6) is 5.75 Å². The van der Waals surface area contributed by atoms with Crippen LogP contribution in [0.3, 0.4) is 0 Å². The van der Waals surface area contributed by atoms with Crippen LogP contribution in [0.2, 0.25) is 15.1 Å². The Hall–Kier alpha value is -2.41. The van der Waals surface area contributed by atoms with Gasteiger partial charge in [-0.3, -0.25) is 4.90 Å². The molecule has 0 aliphatic carbocycles. The zero-order chi connectivity index (χ0) is 22.5. The Balaban J connectivity index is 2.08. The lowest BCUT2D eigenvalue weighted by Crippen LogP contribution is -2.49. The molecule has 1 atom stereocenters. The Morgan fingerprint density at radius 3 is 2.39 bits per heavy atom. The molecule has 0 saturated heterocycles. The molecular weight excluding hydrogens is 463 g/mol. The summed E-state index contributed by atoms with van der Waals surface area (Å²) in [7, 11) is 0. The fourth-order valence-corrected chi connectivity index (χ4v) is 3.74. The van der Waals surface area contributed by atoms with Gasteiger partial charge in [0.2, 0.25) is 0 Å². The fraction of sp³-hybridized carbons (Fsp3) is 0.273. The molecule has 0 bridgehead atoms. The van der Waals surface area contributed by atoms with Crippen molar-refractivity contribution in [2.24, 2.45) is 0 Å². The SMILES string of the molecule is CCOC(=O)C1=C(COc2cc(Cl)ccc2Cl)N(CC)C(=O)N[C@H]1c1ccc(Cl)cc1. The Morgan fingerprint density at radius 1 is 1.06 bits per heavy atom. The number of nitrogens with zero attached hydrogens (tertiary/aromatic N) is 1. The summed E-state index contributed by atoms with van der Waals surface area (Å²) in [6.07, 6.45) is 0. The molecular formula is C22H21Cl3N2O4. The second kappa shape index (κ2) is 10.3. The standard InChI is InChI=1S/C22H21Cl3N2O4/c1-3-27-17(12-31-18-11-15(24)9-10-16(18)25)19(21(28)30-4-2)20(26-22(27)29)13-5-7-14(23)8-6-13/h5-11,20H,3-4,12H2,1-2H3,(H,26,29)/t20-/m0/s1. The number of esters is 1. The Labute approximate surface area is 195 Å². The summed E-state index contributed by atoms with van der Waals surface area (Å²) in [4.78, 5) is 27.3. The van der Waals surface area contributed by atoms with E-state index in [9.17, 15) is 9.59 Å². The number of nitrogens with one attached hydrogen (secondary N) is 1. The lowest BCUT2D eigenvalue weighted by atomic mass is 9.94. The minimum atomic E-state index is -0.722. The highest BCUT2D eigenvalue weighted by atomic mass is 35.5. The van der Waals surface area contributed by atoms with Crippen LogP contribution in [0.15, 0.2) is 53.7 Å². The molecule has 9 heteroatoms. The number of benzene rings is 2. The quantitative estimate of drug-likeness (QED) is 0.518. The van der Waals surface area contributed by atoms with Crippen molar-refractivity contribution in [2.45, 2.75) is 19.9 Å². The molecule has 1 heterocycles. The van der Waals surface area contributed by atoms with E-state index in [0.717, 1.165) is 0 Å². The van der Waals surface area contributed by atoms with Gasteiger partial charge >= 0.3 is 12.0 Å². The number of hydrogen-bond donors (Lipinski definition) is 1. The molecule has 0 spiro atoms. The van der Waals surface area contributed by atoms with E-state index >= 15 is 0 Å². The van der Waals surface area contributed by atoms with Crippen LogP contribution in [0.1, 0.15) is 25.5 Å². The highest BCUT2D eigenvalue weighted by molar-refractivity contribution is 6.34. The number of carbonyl (C=O) groups is 2. The van der Waals surface area contributed by atoms with Crippen molar-refractivity contribution in [3.05, 3.63) is 74.4 Å². The number of likely N-dealkylation sites (N-methyl/N-ethyl adjacent to an activating group) is 1. The molecule has 6 nitrogen and oxygen atoms in total. The van der Waals surface area contributed by atoms with Crippen molar-refractivity contribution in [3.63, 3.8) is 0 Å². The first-order chi connectivity index (χ1) is 14.8. The number of halogens is 3. The Kier molecular flexibility index (Phi) is 7.70. The number of amides is 2. The number of carbonyl (C=O) groups excluding carboxylic acids is 2. The van der Waals surface area contributed by atoms with E-state index in [0.29, 0.717) is 38.6 Å². The van der Waals surface area contributed by atoms with Crippen LogP contribution < -0.4 is 10.1 Å². The largest absolute Gasteiger partial charge is 0.486 e. The third-order valence-electron chi connectivity index (χ3n) is 4.71. The number of urea groups is 1. The Bertz CT molecular complexity index is 1010. The van der Waals surface area contributed by atoms with Gasteiger partial charge in [-0.05, 0) is 43.7 Å². The van der Waals surface area contributed by atoms with Gasteiger partial charge in [0, 0.05) is 22.7 Å². The minimum absolute atomic E-state index is 0.0838. The number of hydrogen-bond acceptors (Lipinski definition) is 4. The molecule has 0 fully saturated rings. The molecule has 2 amide bonds. The molecule has 2 aromatic carbocycles. The van der Waals surface area contributed by atoms with E-state index < -0.39 is 12.0 Å². The van der Waals surface area contributed by atoms with Crippen LogP contribution in [-0.4, -0.2) is 36.7 Å². The summed E-state index contributed by atoms with van der Waals surface area (Å²) >= 11 is 18.3. The van der Waals surface area contributed by atoms with Crippen molar-refractivity contribution in [1.82, 2.24) is 10.2 Å². The lowest BCUT2D eigenvalue weighted by molar-refractivity contribution is -0.139. The molecule has 1 aliphatic rings. The fourth-order valence-electron chi connectivity index (χ4n) is 3.28. The molecule has 3 rings (SSSR count). The first-order valence-corrected chi connectivity index (χ1v) is 10.8. The summed E-state index contributed by atoms with van der Waals surface area (Å²) < 4.78 is 11.2. The van der Waals surface area contributed by atoms with Gasteiger partial charge in [0.25, 0.3) is 0 Å². The van der Waals surface area contributed by atoms with E-state index in [2.05, 4.69) is 5.32 Å². The molecule has 2 aromatic rings. The van der Waals surface area contributed by atoms with Crippen LogP contribution in [0, 0.1) is 0 Å². The maximum atomic E-state index is 13.0. The molecule has 31 heavy (non-hydrogen) atoms. The average Bonchev–Trinajstić information content (AvgIpc) is 2.74. The summed E-state index contributed by atoms with van der Waals surface area (Å²) in [6.45, 7) is 3.95. The van der Waals surface area contributed by atoms with Crippen molar-refractivity contribution < 1.29 is 19.1 Å². The predicted octanol–water partition coefficient (Wildman–Crippen LogP) is 5.63. The van der Waals surface area contributed by atoms with Gasteiger partial charge < -0.3 is 14.8 Å². The topological polar surface area (TPSA) is 67.9 Å². The predicted molar refractivity (Wildman–Crippen MR) is 121 cm³/mol. The van der Waals surface area contributed by atoms with Crippen LogP contribution in [-0.2, 0) is 9.53 Å². The summed E-state index contributed by atoms with van der Waals surface area (Å²) in [5, 5.41) is 4.23. The van der Waals surface area contributed by atoms with Crippen LogP contribution in [0.4, 0.5) is 4.79 Å². The Morgan fingerprint density at radius 2 is 1.74 bits per heavy atom. The van der Waals surface area contributed by atoms with E-state index in [1.165, 1.54) is 4.90 Å². The van der Waals surface area contributed by atoms with E-state index in [-0.39, 0.29) is 24.8 Å². The highest BCUT2D eigenvalue weighted by Crippen LogP contribution is 2.34. The second-order valence-electron chi connectivity index (χ2n) is 6.62. The highest BCUT2D eigenvalue weighted by Gasteiger charge is 2.38. The van der Waals surface area contributed by atoms with E-state index in [1.807, 2.05) is 0 Å². The zero-order valence-corrected chi connectivity index (χ0v) is 19.2. The van der Waals surface area contributed by atoms with Gasteiger partial charge in [-0.15, -0.1) is 0 Å². The van der Waals surface area contributed by atoms with Crippen LogP contribution in [0.25, 0.3) is 0 Å². The van der Waals surface area contributed by atoms with Crippen molar-refractivity contribution in [3.8, 4) is 5.75 Å².